The highest BCUT2D eigenvalue weighted by Gasteiger charge is 2.23. The number of nitro benzene ring substituents is 2. The lowest BCUT2D eigenvalue weighted by Gasteiger charge is -2.28. The quantitative estimate of drug-likeness (QED) is 0.353. The molecule has 0 saturated carbocycles. The zero-order valence-electron chi connectivity index (χ0n) is 15.9. The molecule has 0 spiro atoms. The molecular formula is C18H16BrN5O6S. The van der Waals surface area contributed by atoms with Gasteiger partial charge in [-0.3, -0.25) is 30.3 Å². The molecule has 2 N–H and O–H groups in total. The van der Waals surface area contributed by atoms with Gasteiger partial charge in [-0.25, -0.2) is 0 Å². The maximum Gasteiger partial charge on any atom is 0.293 e. The average molecular weight is 510 g/mol. The monoisotopic (exact) mass is 509 g/mol. The van der Waals surface area contributed by atoms with Gasteiger partial charge in [0.15, 0.2) is 5.11 Å². The highest BCUT2D eigenvalue weighted by atomic mass is 79.9. The third-order valence-corrected chi connectivity index (χ3v) is 5.29. The van der Waals surface area contributed by atoms with Gasteiger partial charge in [0.1, 0.15) is 5.69 Å². The number of non-ortho nitro benzene ring substituents is 1. The third kappa shape index (κ3) is 5.51. The van der Waals surface area contributed by atoms with Crippen molar-refractivity contribution in [3.63, 3.8) is 0 Å². The normalized spacial score (nSPS) is 13.4. The second-order valence-corrected chi connectivity index (χ2v) is 7.65. The lowest BCUT2D eigenvalue weighted by Crippen LogP contribution is -2.37. The highest BCUT2D eigenvalue weighted by Crippen LogP contribution is 2.30. The van der Waals surface area contributed by atoms with Crippen molar-refractivity contribution in [3.05, 3.63) is 66.7 Å². The van der Waals surface area contributed by atoms with Gasteiger partial charge in [0.2, 0.25) is 0 Å². The first-order chi connectivity index (χ1) is 14.8. The van der Waals surface area contributed by atoms with Crippen LogP contribution >= 0.6 is 28.1 Å². The van der Waals surface area contributed by atoms with Crippen molar-refractivity contribution in [1.82, 2.24) is 5.32 Å². The number of carbonyl (C=O) groups excluding carboxylic acids is 1. The van der Waals surface area contributed by atoms with Gasteiger partial charge in [-0.05, 0) is 46.3 Å². The van der Waals surface area contributed by atoms with E-state index in [4.69, 9.17) is 17.0 Å². The van der Waals surface area contributed by atoms with E-state index in [-0.39, 0.29) is 22.1 Å². The highest BCUT2D eigenvalue weighted by molar-refractivity contribution is 9.10. The Morgan fingerprint density at radius 1 is 1.10 bits per heavy atom. The molecule has 0 aromatic heterocycles. The van der Waals surface area contributed by atoms with Gasteiger partial charge in [0.25, 0.3) is 17.3 Å². The number of carbonyl (C=O) groups is 1. The molecule has 3 rings (SSSR count). The van der Waals surface area contributed by atoms with Crippen LogP contribution in [-0.4, -0.2) is 47.2 Å². The molecule has 1 heterocycles. The van der Waals surface area contributed by atoms with Gasteiger partial charge in [0, 0.05) is 41.3 Å². The van der Waals surface area contributed by atoms with E-state index in [0.717, 1.165) is 0 Å². The Kier molecular flexibility index (Phi) is 7.09. The Morgan fingerprint density at radius 2 is 1.81 bits per heavy atom. The number of amides is 1. The number of morpholine rings is 1. The molecular weight excluding hydrogens is 494 g/mol. The molecule has 1 aliphatic rings. The third-order valence-electron chi connectivity index (χ3n) is 4.42. The van der Waals surface area contributed by atoms with Crippen molar-refractivity contribution < 1.29 is 19.4 Å². The summed E-state index contributed by atoms with van der Waals surface area (Å²) in [6.45, 7) is 1.98. The Bertz CT molecular complexity index is 1060. The number of ether oxygens (including phenoxy) is 1. The first-order valence-corrected chi connectivity index (χ1v) is 10.1. The first-order valence-electron chi connectivity index (χ1n) is 8.93. The van der Waals surface area contributed by atoms with Crippen molar-refractivity contribution in [1.29, 1.82) is 0 Å². The molecule has 0 bridgehead atoms. The van der Waals surface area contributed by atoms with Crippen LogP contribution in [0.3, 0.4) is 0 Å². The molecule has 11 nitrogen and oxygen atoms in total. The van der Waals surface area contributed by atoms with E-state index in [1.165, 1.54) is 36.4 Å². The number of hydrogen-bond donors (Lipinski definition) is 2. The number of anilines is 2. The lowest BCUT2D eigenvalue weighted by atomic mass is 10.1. The number of benzene rings is 2. The van der Waals surface area contributed by atoms with Crippen LogP contribution in [0.25, 0.3) is 0 Å². The second-order valence-electron chi connectivity index (χ2n) is 6.39. The van der Waals surface area contributed by atoms with Crippen LogP contribution in [0.2, 0.25) is 0 Å². The van der Waals surface area contributed by atoms with E-state index < -0.39 is 15.8 Å². The minimum Gasteiger partial charge on any atom is -0.378 e. The summed E-state index contributed by atoms with van der Waals surface area (Å²) in [7, 11) is 0. The number of rotatable bonds is 5. The van der Waals surface area contributed by atoms with Gasteiger partial charge in [-0.1, -0.05) is 0 Å². The van der Waals surface area contributed by atoms with Gasteiger partial charge < -0.3 is 15.0 Å². The molecule has 1 amide bonds. The van der Waals surface area contributed by atoms with E-state index in [2.05, 4.69) is 26.6 Å². The van der Waals surface area contributed by atoms with Crippen molar-refractivity contribution in [3.8, 4) is 0 Å². The molecule has 1 fully saturated rings. The van der Waals surface area contributed by atoms with Crippen LogP contribution in [0.15, 0.2) is 40.9 Å². The molecule has 31 heavy (non-hydrogen) atoms. The Morgan fingerprint density at radius 3 is 2.42 bits per heavy atom. The summed E-state index contributed by atoms with van der Waals surface area (Å²) in [6.07, 6.45) is 0. The molecule has 0 unspecified atom stereocenters. The summed E-state index contributed by atoms with van der Waals surface area (Å²) in [6, 6.07) is 8.22. The molecule has 162 valence electrons. The summed E-state index contributed by atoms with van der Waals surface area (Å²) in [5, 5.41) is 27.5. The molecule has 0 aliphatic carbocycles. The molecule has 0 atom stereocenters. The predicted molar refractivity (Wildman–Crippen MR) is 121 cm³/mol. The van der Waals surface area contributed by atoms with Crippen LogP contribution in [0.5, 0.6) is 0 Å². The molecule has 2 aromatic carbocycles. The maximum atomic E-state index is 12.5. The van der Waals surface area contributed by atoms with Crippen LogP contribution in [0.1, 0.15) is 10.4 Å². The zero-order valence-corrected chi connectivity index (χ0v) is 18.3. The molecule has 2 aromatic rings. The summed E-state index contributed by atoms with van der Waals surface area (Å²) in [4.78, 5) is 35.7. The number of nitro groups is 2. The van der Waals surface area contributed by atoms with Crippen molar-refractivity contribution in [2.24, 2.45) is 0 Å². The zero-order chi connectivity index (χ0) is 22.5. The molecule has 13 heteroatoms. The lowest BCUT2D eigenvalue weighted by molar-refractivity contribution is -0.384. The topological polar surface area (TPSA) is 140 Å². The molecule has 0 radical (unpaired) electrons. The van der Waals surface area contributed by atoms with Crippen molar-refractivity contribution in [2.75, 3.05) is 36.5 Å². The number of nitrogens with one attached hydrogen (secondary N) is 2. The standard InChI is InChI=1S/C18H16BrN5O6S/c19-13-10-12(23(26)27)2-3-14(13)20-18(31)21-17(25)11-1-4-15(16(9-11)24(28)29)22-5-7-30-8-6-22/h1-4,9-10H,5-8H2,(H2,20,21,25,31). The summed E-state index contributed by atoms with van der Waals surface area (Å²) in [5.41, 5.74) is 0.590. The van der Waals surface area contributed by atoms with Crippen LogP contribution in [0, 0.1) is 20.2 Å². The Hall–Kier alpha value is -3.16. The largest absolute Gasteiger partial charge is 0.378 e. The van der Waals surface area contributed by atoms with Crippen LogP contribution < -0.4 is 15.5 Å². The average Bonchev–Trinajstić information content (AvgIpc) is 2.75. The fourth-order valence-corrected chi connectivity index (χ4v) is 3.60. The van der Waals surface area contributed by atoms with Crippen molar-refractivity contribution in [2.45, 2.75) is 0 Å². The summed E-state index contributed by atoms with van der Waals surface area (Å²) >= 11 is 8.31. The van der Waals surface area contributed by atoms with E-state index in [9.17, 15) is 25.0 Å². The van der Waals surface area contributed by atoms with Gasteiger partial charge in [-0.2, -0.15) is 0 Å². The number of hydrogen-bond acceptors (Lipinski definition) is 8. The predicted octanol–water partition coefficient (Wildman–Crippen LogP) is 3.23. The van der Waals surface area contributed by atoms with Crippen molar-refractivity contribution >= 4 is 61.9 Å². The summed E-state index contributed by atoms with van der Waals surface area (Å²) in [5.74, 6) is -0.632. The van der Waals surface area contributed by atoms with Gasteiger partial charge >= 0.3 is 0 Å². The smallest absolute Gasteiger partial charge is 0.293 e. The number of halogens is 1. The minimum absolute atomic E-state index is 0.0654. The van der Waals surface area contributed by atoms with E-state index in [0.29, 0.717) is 42.2 Å². The SMILES string of the molecule is O=C(NC(=S)Nc1ccc([N+](=O)[O-])cc1Br)c1ccc(N2CCOCC2)c([N+](=O)[O-])c1. The maximum absolute atomic E-state index is 12.5. The fourth-order valence-electron chi connectivity index (χ4n) is 2.93. The fraction of sp³-hybridized carbons (Fsp3) is 0.222. The number of nitrogens with zero attached hydrogens (tertiary/aromatic N) is 3. The molecule has 1 aliphatic heterocycles. The van der Waals surface area contributed by atoms with E-state index in [1.807, 2.05) is 4.90 Å². The van der Waals surface area contributed by atoms with Crippen LogP contribution in [-0.2, 0) is 4.74 Å². The van der Waals surface area contributed by atoms with Crippen LogP contribution in [0.4, 0.5) is 22.7 Å². The molecule has 1 saturated heterocycles. The Labute approximate surface area is 189 Å². The minimum atomic E-state index is -0.632. The summed E-state index contributed by atoms with van der Waals surface area (Å²) < 4.78 is 5.65. The van der Waals surface area contributed by atoms with E-state index in [1.54, 1.807) is 0 Å². The van der Waals surface area contributed by atoms with Gasteiger partial charge in [-0.15, -0.1) is 0 Å². The Balaban J connectivity index is 1.72. The second kappa shape index (κ2) is 9.76. The number of thiocarbonyl (C=S) groups is 1. The van der Waals surface area contributed by atoms with Gasteiger partial charge in [0.05, 0.1) is 28.7 Å². The first kappa shape index (κ1) is 22.5. The van der Waals surface area contributed by atoms with E-state index >= 15 is 0 Å².